The molecule has 21 heavy (non-hydrogen) atoms. The first-order chi connectivity index (χ1) is 10.2. The predicted octanol–water partition coefficient (Wildman–Crippen LogP) is 2.71. The Balaban J connectivity index is 1.99. The monoisotopic (exact) mass is 285 g/mol. The molecule has 1 aliphatic heterocycles. The van der Waals surface area contributed by atoms with Gasteiger partial charge in [0.1, 0.15) is 5.75 Å². The van der Waals surface area contributed by atoms with E-state index in [1.165, 1.54) is 22.5 Å². The Hall–Kier alpha value is -1.81. The fraction of sp³-hybridized carbons (Fsp3) is 0.471. The molecule has 4 heteroatoms. The number of nitrogens with one attached hydrogen (secondary N) is 1. The number of aromatic nitrogens is 2. The Labute approximate surface area is 126 Å². The molecule has 0 atom stereocenters. The Kier molecular flexibility index (Phi) is 3.97. The first kappa shape index (κ1) is 14.1. The highest BCUT2D eigenvalue weighted by Crippen LogP contribution is 2.26. The van der Waals surface area contributed by atoms with Crippen molar-refractivity contribution in [1.29, 1.82) is 0 Å². The van der Waals surface area contributed by atoms with Crippen molar-refractivity contribution in [2.24, 2.45) is 0 Å². The number of ether oxygens (including phenoxy) is 1. The zero-order chi connectivity index (χ0) is 14.8. The van der Waals surface area contributed by atoms with Gasteiger partial charge in [0.15, 0.2) is 0 Å². The lowest BCUT2D eigenvalue weighted by atomic mass is 10.0. The lowest BCUT2D eigenvalue weighted by molar-refractivity contribution is 0.410. The van der Waals surface area contributed by atoms with Crippen molar-refractivity contribution in [3.63, 3.8) is 0 Å². The summed E-state index contributed by atoms with van der Waals surface area (Å²) in [5, 5.41) is 8.35. The zero-order valence-corrected chi connectivity index (χ0v) is 13.0. The number of rotatable bonds is 4. The van der Waals surface area contributed by atoms with Crippen molar-refractivity contribution in [3.8, 4) is 5.75 Å². The van der Waals surface area contributed by atoms with E-state index >= 15 is 0 Å². The molecule has 112 valence electrons. The van der Waals surface area contributed by atoms with Crippen LogP contribution >= 0.6 is 0 Å². The van der Waals surface area contributed by atoms with E-state index < -0.39 is 0 Å². The van der Waals surface area contributed by atoms with Gasteiger partial charge in [-0.2, -0.15) is 5.10 Å². The average molecular weight is 285 g/mol. The van der Waals surface area contributed by atoms with E-state index in [1.807, 2.05) is 12.1 Å². The van der Waals surface area contributed by atoms with Gasteiger partial charge in [-0.05, 0) is 19.9 Å². The highest BCUT2D eigenvalue weighted by atomic mass is 16.5. The van der Waals surface area contributed by atoms with Crippen LogP contribution in [0.1, 0.15) is 42.4 Å². The number of methoxy groups -OCH3 is 1. The summed E-state index contributed by atoms with van der Waals surface area (Å²) in [5.41, 5.74) is 5.15. The van der Waals surface area contributed by atoms with E-state index in [1.54, 1.807) is 7.11 Å². The molecular formula is C17H23N3O. The maximum absolute atomic E-state index is 5.47. The Morgan fingerprint density at radius 3 is 2.90 bits per heavy atom. The van der Waals surface area contributed by atoms with Crippen molar-refractivity contribution in [3.05, 3.63) is 46.8 Å². The van der Waals surface area contributed by atoms with Gasteiger partial charge in [-0.25, -0.2) is 0 Å². The van der Waals surface area contributed by atoms with Crippen molar-refractivity contribution in [2.75, 3.05) is 13.7 Å². The van der Waals surface area contributed by atoms with Crippen LogP contribution in [0.4, 0.5) is 0 Å². The van der Waals surface area contributed by atoms with E-state index in [-0.39, 0.29) is 0 Å². The molecule has 0 fully saturated rings. The number of para-hydroxylation sites is 1. The van der Waals surface area contributed by atoms with Gasteiger partial charge in [0.25, 0.3) is 0 Å². The second kappa shape index (κ2) is 5.90. The molecular weight excluding hydrogens is 262 g/mol. The Morgan fingerprint density at radius 2 is 2.14 bits per heavy atom. The van der Waals surface area contributed by atoms with Gasteiger partial charge >= 0.3 is 0 Å². The molecule has 1 aromatic carbocycles. The number of benzene rings is 1. The van der Waals surface area contributed by atoms with Gasteiger partial charge < -0.3 is 10.1 Å². The molecule has 2 aromatic rings. The van der Waals surface area contributed by atoms with Gasteiger partial charge in [-0.3, -0.25) is 4.68 Å². The van der Waals surface area contributed by atoms with Crippen LogP contribution in [-0.2, 0) is 19.4 Å². The maximum atomic E-state index is 5.47. The van der Waals surface area contributed by atoms with Gasteiger partial charge in [0.2, 0.25) is 0 Å². The molecule has 3 rings (SSSR count). The summed E-state index contributed by atoms with van der Waals surface area (Å²) in [5.74, 6) is 0.939. The first-order valence-electron chi connectivity index (χ1n) is 7.62. The highest BCUT2D eigenvalue weighted by Gasteiger charge is 2.22. The average Bonchev–Trinajstić information content (AvgIpc) is 2.87. The molecule has 0 spiro atoms. The largest absolute Gasteiger partial charge is 0.496 e. The minimum atomic E-state index is 0.406. The van der Waals surface area contributed by atoms with E-state index in [0.29, 0.717) is 6.04 Å². The fourth-order valence-corrected chi connectivity index (χ4v) is 3.04. The minimum Gasteiger partial charge on any atom is -0.496 e. The molecule has 0 bridgehead atoms. The molecule has 0 saturated heterocycles. The normalized spacial score (nSPS) is 14.3. The summed E-state index contributed by atoms with van der Waals surface area (Å²) in [6.45, 7) is 6.36. The molecule has 0 amide bonds. The highest BCUT2D eigenvalue weighted by molar-refractivity contribution is 5.39. The number of fused-ring (bicyclic) bond motifs is 1. The molecule has 4 nitrogen and oxygen atoms in total. The molecule has 1 aliphatic rings. The maximum Gasteiger partial charge on any atom is 0.122 e. The van der Waals surface area contributed by atoms with Crippen molar-refractivity contribution < 1.29 is 4.74 Å². The van der Waals surface area contributed by atoms with Gasteiger partial charge in [0, 0.05) is 48.8 Å². The van der Waals surface area contributed by atoms with E-state index in [9.17, 15) is 0 Å². The van der Waals surface area contributed by atoms with Crippen LogP contribution in [-0.4, -0.2) is 23.4 Å². The van der Waals surface area contributed by atoms with E-state index in [4.69, 9.17) is 9.84 Å². The standard InChI is InChI=1S/C17H23N3O/c1-12(2)20-16-8-9-18-11-14(16)15(19-20)10-13-6-4-5-7-17(13)21-3/h4-7,12,18H,8-11H2,1-3H3. The topological polar surface area (TPSA) is 39.1 Å². The van der Waals surface area contributed by atoms with Gasteiger partial charge in [0.05, 0.1) is 12.8 Å². The zero-order valence-electron chi connectivity index (χ0n) is 13.0. The van der Waals surface area contributed by atoms with Crippen LogP contribution in [0.5, 0.6) is 5.75 Å². The number of hydrogen-bond donors (Lipinski definition) is 1. The molecule has 1 N–H and O–H groups in total. The Bertz CT molecular complexity index is 631. The summed E-state index contributed by atoms with van der Waals surface area (Å²) in [6.07, 6.45) is 1.89. The summed E-state index contributed by atoms with van der Waals surface area (Å²) in [4.78, 5) is 0. The van der Waals surface area contributed by atoms with Gasteiger partial charge in [-0.1, -0.05) is 18.2 Å². The lowest BCUT2D eigenvalue weighted by Gasteiger charge is -2.17. The van der Waals surface area contributed by atoms with Crippen LogP contribution < -0.4 is 10.1 Å². The third-order valence-electron chi connectivity index (χ3n) is 4.08. The second-order valence-corrected chi connectivity index (χ2v) is 5.83. The predicted molar refractivity (Wildman–Crippen MR) is 83.8 cm³/mol. The van der Waals surface area contributed by atoms with Crippen molar-refractivity contribution in [1.82, 2.24) is 15.1 Å². The summed E-state index contributed by atoms with van der Waals surface area (Å²) >= 11 is 0. The quantitative estimate of drug-likeness (QED) is 0.939. The minimum absolute atomic E-state index is 0.406. The second-order valence-electron chi connectivity index (χ2n) is 5.83. The van der Waals surface area contributed by atoms with E-state index in [2.05, 4.69) is 36.0 Å². The summed E-state index contributed by atoms with van der Waals surface area (Å²) in [6, 6.07) is 8.60. The number of hydrogen-bond acceptors (Lipinski definition) is 3. The van der Waals surface area contributed by atoms with Crippen LogP contribution in [0, 0.1) is 0 Å². The van der Waals surface area contributed by atoms with Crippen LogP contribution in [0.25, 0.3) is 0 Å². The molecule has 2 heterocycles. The number of nitrogens with zero attached hydrogens (tertiary/aromatic N) is 2. The van der Waals surface area contributed by atoms with Crippen molar-refractivity contribution >= 4 is 0 Å². The lowest BCUT2D eigenvalue weighted by Crippen LogP contribution is -2.25. The van der Waals surface area contributed by atoms with Crippen LogP contribution in [0.3, 0.4) is 0 Å². The molecule has 0 aliphatic carbocycles. The van der Waals surface area contributed by atoms with Crippen LogP contribution in [0.2, 0.25) is 0 Å². The Morgan fingerprint density at radius 1 is 1.33 bits per heavy atom. The summed E-state index contributed by atoms with van der Waals surface area (Å²) in [7, 11) is 1.72. The molecule has 0 saturated carbocycles. The molecule has 1 aromatic heterocycles. The fourth-order valence-electron chi connectivity index (χ4n) is 3.04. The van der Waals surface area contributed by atoms with Crippen LogP contribution in [0.15, 0.2) is 24.3 Å². The first-order valence-corrected chi connectivity index (χ1v) is 7.62. The molecule has 0 radical (unpaired) electrons. The van der Waals surface area contributed by atoms with E-state index in [0.717, 1.165) is 31.7 Å². The third-order valence-corrected chi connectivity index (χ3v) is 4.08. The summed E-state index contributed by atoms with van der Waals surface area (Å²) < 4.78 is 7.66. The molecule has 0 unspecified atom stereocenters. The SMILES string of the molecule is COc1ccccc1Cc1nn(C(C)C)c2c1CNCC2. The third kappa shape index (κ3) is 2.68. The smallest absolute Gasteiger partial charge is 0.122 e. The van der Waals surface area contributed by atoms with Gasteiger partial charge in [-0.15, -0.1) is 0 Å². The van der Waals surface area contributed by atoms with Crippen molar-refractivity contribution in [2.45, 2.75) is 39.3 Å².